The molecule has 0 unspecified atom stereocenters. The molecule has 0 spiro atoms. The smallest absolute Gasteiger partial charge is 0.336 e. The Morgan fingerprint density at radius 1 is 0.840 bits per heavy atom. The van der Waals surface area contributed by atoms with Crippen LogP contribution in [0.25, 0.3) is 33.9 Å². The highest BCUT2D eigenvalue weighted by atomic mass is 16.5. The summed E-state index contributed by atoms with van der Waals surface area (Å²) in [6, 6.07) is 21.4. The molecule has 1 aromatic heterocycles. The van der Waals surface area contributed by atoms with Gasteiger partial charge in [-0.1, -0.05) is 54.6 Å². The molecule has 3 nitrogen and oxygen atoms in total. The van der Waals surface area contributed by atoms with Crippen LogP contribution in [-0.4, -0.2) is 7.11 Å². The quantitative estimate of drug-likeness (QED) is 0.490. The zero-order valence-corrected chi connectivity index (χ0v) is 13.7. The number of ether oxygens (including phenoxy) is 1. The van der Waals surface area contributed by atoms with E-state index in [1.807, 2.05) is 42.5 Å². The van der Waals surface area contributed by atoms with Crippen LogP contribution in [0.5, 0.6) is 5.75 Å². The summed E-state index contributed by atoms with van der Waals surface area (Å²) in [7, 11) is 1.59. The normalized spacial score (nSPS) is 11.4. The fraction of sp³-hybridized carbons (Fsp3) is 0.0455. The molecule has 3 heteroatoms. The van der Waals surface area contributed by atoms with Gasteiger partial charge in [0.05, 0.1) is 7.11 Å². The van der Waals surface area contributed by atoms with E-state index in [1.54, 1.807) is 13.2 Å². The molecular formula is C22H16O3. The van der Waals surface area contributed by atoms with E-state index in [0.717, 1.165) is 16.5 Å². The first-order chi connectivity index (χ1) is 12.2. The molecule has 4 rings (SSSR count). The van der Waals surface area contributed by atoms with Crippen molar-refractivity contribution in [3.05, 3.63) is 88.3 Å². The maximum Gasteiger partial charge on any atom is 0.336 e. The highest BCUT2D eigenvalue weighted by Crippen LogP contribution is 2.25. The van der Waals surface area contributed by atoms with Crippen LogP contribution < -0.4 is 10.4 Å². The van der Waals surface area contributed by atoms with E-state index in [-0.39, 0.29) is 5.63 Å². The van der Waals surface area contributed by atoms with E-state index >= 15 is 0 Å². The van der Waals surface area contributed by atoms with Crippen LogP contribution in [0.15, 0.2) is 75.9 Å². The molecule has 0 aliphatic rings. The van der Waals surface area contributed by atoms with Crippen molar-refractivity contribution in [3.63, 3.8) is 0 Å². The van der Waals surface area contributed by atoms with Gasteiger partial charge in [-0.25, -0.2) is 4.79 Å². The SMILES string of the molecule is COc1ccc2c(/C=C\c3cccc4ccccc34)cc(=O)oc2c1. The molecule has 122 valence electrons. The van der Waals surface area contributed by atoms with Crippen LogP contribution in [0, 0.1) is 0 Å². The zero-order valence-electron chi connectivity index (χ0n) is 13.7. The van der Waals surface area contributed by atoms with E-state index in [4.69, 9.17) is 9.15 Å². The van der Waals surface area contributed by atoms with Crippen LogP contribution in [0.3, 0.4) is 0 Å². The summed E-state index contributed by atoms with van der Waals surface area (Å²) in [5.74, 6) is 0.658. The number of methoxy groups -OCH3 is 1. The molecule has 0 aliphatic heterocycles. The first-order valence-corrected chi connectivity index (χ1v) is 8.02. The van der Waals surface area contributed by atoms with Crippen molar-refractivity contribution in [3.8, 4) is 5.75 Å². The van der Waals surface area contributed by atoms with Crippen LogP contribution in [-0.2, 0) is 0 Å². The molecular weight excluding hydrogens is 312 g/mol. The van der Waals surface area contributed by atoms with Crippen LogP contribution in [0.1, 0.15) is 11.1 Å². The minimum Gasteiger partial charge on any atom is -0.497 e. The first-order valence-electron chi connectivity index (χ1n) is 8.02. The van der Waals surface area contributed by atoms with Gasteiger partial charge in [0, 0.05) is 17.5 Å². The summed E-state index contributed by atoms with van der Waals surface area (Å²) < 4.78 is 10.5. The van der Waals surface area contributed by atoms with Gasteiger partial charge in [0.15, 0.2) is 0 Å². The van der Waals surface area contributed by atoms with Gasteiger partial charge in [-0.05, 0) is 34.0 Å². The summed E-state index contributed by atoms with van der Waals surface area (Å²) in [6.07, 6.45) is 3.98. The van der Waals surface area contributed by atoms with E-state index < -0.39 is 0 Å². The van der Waals surface area contributed by atoms with Gasteiger partial charge in [-0.15, -0.1) is 0 Å². The van der Waals surface area contributed by atoms with Crippen molar-refractivity contribution in [1.82, 2.24) is 0 Å². The first kappa shape index (κ1) is 15.2. The number of hydrogen-bond acceptors (Lipinski definition) is 3. The third-order valence-electron chi connectivity index (χ3n) is 4.25. The zero-order chi connectivity index (χ0) is 17.2. The molecule has 0 bridgehead atoms. The number of hydrogen-bond donors (Lipinski definition) is 0. The summed E-state index contributed by atoms with van der Waals surface area (Å²) in [4.78, 5) is 11.9. The van der Waals surface area contributed by atoms with Crippen molar-refractivity contribution < 1.29 is 9.15 Å². The molecule has 0 radical (unpaired) electrons. The molecule has 0 N–H and O–H groups in total. The number of fused-ring (bicyclic) bond motifs is 2. The molecule has 0 saturated carbocycles. The molecule has 25 heavy (non-hydrogen) atoms. The predicted octanol–water partition coefficient (Wildman–Crippen LogP) is 5.13. The van der Waals surface area contributed by atoms with Crippen molar-refractivity contribution in [2.45, 2.75) is 0 Å². The van der Waals surface area contributed by atoms with Crippen LogP contribution >= 0.6 is 0 Å². The van der Waals surface area contributed by atoms with Gasteiger partial charge in [-0.3, -0.25) is 0 Å². The standard InChI is InChI=1S/C22H16O3/c1-24-18-11-12-20-17(13-22(23)25-21(20)14-18)10-9-16-7-4-6-15-5-2-3-8-19(15)16/h2-14H,1H3/b10-9-. The molecule has 0 amide bonds. The highest BCUT2D eigenvalue weighted by Gasteiger charge is 2.05. The second-order valence-electron chi connectivity index (χ2n) is 5.78. The van der Waals surface area contributed by atoms with E-state index in [0.29, 0.717) is 11.3 Å². The fourth-order valence-electron chi connectivity index (χ4n) is 3.01. The van der Waals surface area contributed by atoms with Gasteiger partial charge in [-0.2, -0.15) is 0 Å². The second-order valence-corrected chi connectivity index (χ2v) is 5.78. The minimum absolute atomic E-state index is 0.377. The molecule has 0 saturated heterocycles. The van der Waals surface area contributed by atoms with E-state index in [2.05, 4.69) is 24.3 Å². The third-order valence-corrected chi connectivity index (χ3v) is 4.25. The highest BCUT2D eigenvalue weighted by molar-refractivity contribution is 5.95. The summed E-state index contributed by atoms with van der Waals surface area (Å²) in [6.45, 7) is 0. The Labute approximate surface area is 144 Å². The summed E-state index contributed by atoms with van der Waals surface area (Å²) in [5.41, 5.74) is 2.07. The molecule has 0 fully saturated rings. The van der Waals surface area contributed by atoms with E-state index in [9.17, 15) is 4.79 Å². The topological polar surface area (TPSA) is 39.4 Å². The lowest BCUT2D eigenvalue weighted by atomic mass is 10.0. The molecule has 0 atom stereocenters. The van der Waals surface area contributed by atoms with Gasteiger partial charge < -0.3 is 9.15 Å². The lowest BCUT2D eigenvalue weighted by Crippen LogP contribution is -1.98. The Kier molecular flexibility index (Phi) is 3.82. The third kappa shape index (κ3) is 2.92. The van der Waals surface area contributed by atoms with Gasteiger partial charge in [0.25, 0.3) is 0 Å². The van der Waals surface area contributed by atoms with Crippen molar-refractivity contribution in [2.75, 3.05) is 7.11 Å². The lowest BCUT2D eigenvalue weighted by molar-refractivity contribution is 0.414. The van der Waals surface area contributed by atoms with Crippen LogP contribution in [0.2, 0.25) is 0 Å². The van der Waals surface area contributed by atoms with E-state index in [1.165, 1.54) is 16.8 Å². The Balaban J connectivity index is 1.85. The Bertz CT molecular complexity index is 1150. The maximum absolute atomic E-state index is 11.9. The van der Waals surface area contributed by atoms with Crippen molar-refractivity contribution in [2.24, 2.45) is 0 Å². The Morgan fingerprint density at radius 2 is 1.64 bits per heavy atom. The fourth-order valence-corrected chi connectivity index (χ4v) is 3.01. The van der Waals surface area contributed by atoms with Crippen molar-refractivity contribution in [1.29, 1.82) is 0 Å². The minimum atomic E-state index is -0.377. The van der Waals surface area contributed by atoms with Crippen LogP contribution in [0.4, 0.5) is 0 Å². The average Bonchev–Trinajstić information content (AvgIpc) is 2.65. The largest absolute Gasteiger partial charge is 0.497 e. The molecule has 3 aromatic carbocycles. The van der Waals surface area contributed by atoms with Gasteiger partial charge in [0.2, 0.25) is 0 Å². The van der Waals surface area contributed by atoms with Crippen molar-refractivity contribution >= 4 is 33.9 Å². The molecule has 0 aliphatic carbocycles. The monoisotopic (exact) mass is 328 g/mol. The Morgan fingerprint density at radius 3 is 2.52 bits per heavy atom. The average molecular weight is 328 g/mol. The second kappa shape index (κ2) is 6.29. The number of rotatable bonds is 3. The summed E-state index contributed by atoms with van der Waals surface area (Å²) >= 11 is 0. The predicted molar refractivity (Wildman–Crippen MR) is 102 cm³/mol. The number of benzene rings is 3. The molecule has 4 aromatic rings. The van der Waals surface area contributed by atoms with Gasteiger partial charge in [0.1, 0.15) is 11.3 Å². The molecule has 1 heterocycles. The Hall–Kier alpha value is -3.33. The summed E-state index contributed by atoms with van der Waals surface area (Å²) in [5, 5.41) is 3.24. The maximum atomic E-state index is 11.9. The lowest BCUT2D eigenvalue weighted by Gasteiger charge is -2.05. The van der Waals surface area contributed by atoms with Gasteiger partial charge >= 0.3 is 5.63 Å².